The van der Waals surface area contributed by atoms with E-state index in [-0.39, 0.29) is 0 Å². The predicted octanol–water partition coefficient (Wildman–Crippen LogP) is 7.71. The number of thiazole rings is 2. The van der Waals surface area contributed by atoms with Gasteiger partial charge in [-0.05, 0) is 26.0 Å². The zero-order chi connectivity index (χ0) is 25.5. The second-order valence-corrected chi connectivity index (χ2v) is 11.5. The molecule has 0 fully saturated rings. The number of benzene rings is 3. The van der Waals surface area contributed by atoms with Crippen LogP contribution in [-0.4, -0.2) is 14.5 Å². The normalized spacial score (nSPS) is 11.2. The third-order valence-electron chi connectivity index (χ3n) is 6.65. The summed E-state index contributed by atoms with van der Waals surface area (Å²) in [4.78, 5) is 12.8. The van der Waals surface area contributed by atoms with Crippen LogP contribution in [0.3, 0.4) is 0 Å². The largest absolute Gasteiger partial charge is 0.289 e. The van der Waals surface area contributed by atoms with Crippen molar-refractivity contribution in [2.45, 2.75) is 13.8 Å². The molecule has 0 aliphatic rings. The Hall–Kier alpha value is -3.87. The van der Waals surface area contributed by atoms with Gasteiger partial charge in [-0.25, -0.2) is 19.1 Å². The summed E-state index contributed by atoms with van der Waals surface area (Å²) in [6, 6.07) is 31.4. The van der Waals surface area contributed by atoms with Crippen LogP contribution in [0.4, 0.5) is 0 Å². The minimum absolute atomic E-state index is 1.01. The van der Waals surface area contributed by atoms with Crippen molar-refractivity contribution in [2.24, 2.45) is 14.1 Å². The van der Waals surface area contributed by atoms with Crippen molar-refractivity contribution in [3.8, 4) is 55.3 Å². The number of aromatic nitrogens is 4. The van der Waals surface area contributed by atoms with E-state index in [9.17, 15) is 0 Å². The van der Waals surface area contributed by atoms with Crippen LogP contribution in [0.5, 0.6) is 0 Å². The van der Waals surface area contributed by atoms with Gasteiger partial charge >= 0.3 is 0 Å². The Morgan fingerprint density at radius 2 is 1.05 bits per heavy atom. The minimum Gasteiger partial charge on any atom is -0.232 e. The molecule has 3 heterocycles. The first-order valence-corrected chi connectivity index (χ1v) is 13.9. The number of rotatable bonds is 5. The fourth-order valence-electron chi connectivity index (χ4n) is 4.91. The van der Waals surface area contributed by atoms with Crippen LogP contribution in [-0.2, 0) is 14.1 Å². The van der Waals surface area contributed by atoms with Crippen molar-refractivity contribution < 1.29 is 4.57 Å². The van der Waals surface area contributed by atoms with Gasteiger partial charge in [0.2, 0.25) is 11.4 Å². The van der Waals surface area contributed by atoms with Gasteiger partial charge in [0.15, 0.2) is 0 Å². The second kappa shape index (κ2) is 9.54. The first-order chi connectivity index (χ1) is 18.0. The van der Waals surface area contributed by atoms with Crippen LogP contribution in [0, 0.1) is 13.8 Å². The van der Waals surface area contributed by atoms with Crippen LogP contribution in [0.2, 0.25) is 0 Å². The molecule has 182 valence electrons. The van der Waals surface area contributed by atoms with Gasteiger partial charge in [0.1, 0.15) is 21.4 Å². The first kappa shape index (κ1) is 23.5. The lowest BCUT2D eigenvalue weighted by atomic mass is 10.1. The Kier molecular flexibility index (Phi) is 6.07. The zero-order valence-electron chi connectivity index (χ0n) is 21.3. The number of imidazole rings is 1. The smallest absolute Gasteiger partial charge is 0.232 e. The molecular weight excluding hydrogens is 493 g/mol. The molecule has 0 bridgehead atoms. The van der Waals surface area contributed by atoms with E-state index >= 15 is 0 Å². The highest BCUT2D eigenvalue weighted by molar-refractivity contribution is 7.15. The van der Waals surface area contributed by atoms with Gasteiger partial charge < -0.3 is 0 Å². The molecule has 6 rings (SSSR count). The zero-order valence-corrected chi connectivity index (χ0v) is 22.9. The van der Waals surface area contributed by atoms with Gasteiger partial charge in [0.05, 0.1) is 19.7 Å². The molecule has 0 spiro atoms. The van der Waals surface area contributed by atoms with Gasteiger partial charge in [-0.3, -0.25) is 0 Å². The Balaban J connectivity index is 1.61. The molecule has 37 heavy (non-hydrogen) atoms. The molecule has 6 heteroatoms. The van der Waals surface area contributed by atoms with E-state index in [1.54, 1.807) is 22.7 Å². The number of aryl methyl sites for hydroxylation is 2. The van der Waals surface area contributed by atoms with Crippen molar-refractivity contribution in [3.05, 3.63) is 101 Å². The van der Waals surface area contributed by atoms with E-state index in [1.165, 1.54) is 9.75 Å². The lowest BCUT2D eigenvalue weighted by Gasteiger charge is -2.00. The molecule has 0 N–H and O–H groups in total. The van der Waals surface area contributed by atoms with Crippen LogP contribution >= 0.6 is 22.7 Å². The molecule has 0 amide bonds. The van der Waals surface area contributed by atoms with Crippen molar-refractivity contribution in [2.75, 3.05) is 0 Å². The highest BCUT2D eigenvalue weighted by Crippen LogP contribution is 2.41. The highest BCUT2D eigenvalue weighted by Gasteiger charge is 2.34. The van der Waals surface area contributed by atoms with Crippen molar-refractivity contribution in [3.63, 3.8) is 0 Å². The summed E-state index contributed by atoms with van der Waals surface area (Å²) in [6.45, 7) is 4.34. The Labute approximate surface area is 225 Å². The summed E-state index contributed by atoms with van der Waals surface area (Å²) in [6.07, 6.45) is 0. The monoisotopic (exact) mass is 519 g/mol. The summed E-state index contributed by atoms with van der Waals surface area (Å²) < 4.78 is 4.56. The van der Waals surface area contributed by atoms with E-state index < -0.39 is 0 Å². The molecule has 6 aromatic rings. The minimum atomic E-state index is 1.01. The fraction of sp³-hybridized carbons (Fsp3) is 0.129. The van der Waals surface area contributed by atoms with Crippen LogP contribution in [0.1, 0.15) is 9.75 Å². The molecule has 0 saturated carbocycles. The van der Waals surface area contributed by atoms with Gasteiger partial charge in [-0.15, -0.1) is 22.7 Å². The molecule has 0 unspecified atom stereocenters. The predicted molar refractivity (Wildman–Crippen MR) is 155 cm³/mol. The van der Waals surface area contributed by atoms with Crippen molar-refractivity contribution in [1.82, 2.24) is 14.5 Å². The lowest BCUT2D eigenvalue weighted by Crippen LogP contribution is -2.32. The highest BCUT2D eigenvalue weighted by atomic mass is 32.1. The third-order valence-corrected chi connectivity index (χ3v) is 8.69. The van der Waals surface area contributed by atoms with E-state index in [4.69, 9.17) is 9.97 Å². The molecular formula is C31H27N4S2+. The Morgan fingerprint density at radius 1 is 0.622 bits per heavy atom. The summed E-state index contributed by atoms with van der Waals surface area (Å²) >= 11 is 3.48. The van der Waals surface area contributed by atoms with Gasteiger partial charge in [-0.2, -0.15) is 0 Å². The summed E-state index contributed by atoms with van der Waals surface area (Å²) in [7, 11) is 4.28. The SMILES string of the molecule is Cc1sc(-c2ccccc2)nc1-c1c(-c2nc(-c3ccccc3)sc2C)[n+](C)c(-c2ccccc2)n1C. The number of nitrogens with zero attached hydrogens (tertiary/aromatic N) is 4. The molecule has 0 aliphatic carbocycles. The maximum absolute atomic E-state index is 5.20. The second-order valence-electron chi connectivity index (χ2n) is 9.08. The Bertz CT molecular complexity index is 1590. The molecule has 0 atom stereocenters. The molecule has 4 nitrogen and oxygen atoms in total. The number of hydrogen-bond acceptors (Lipinski definition) is 4. The first-order valence-electron chi connectivity index (χ1n) is 12.2. The standard InChI is InChI=1S/C31H27N4S2/c1-20-25(32-29(36-20)22-14-8-5-9-15-22)27-28(35(4)31(34(27)3)24-18-12-7-13-19-24)26-21(2)37-30(33-26)23-16-10-6-11-17-23/h5-19H,1-4H3/q+1. The summed E-state index contributed by atoms with van der Waals surface area (Å²) in [5.74, 6) is 1.12. The van der Waals surface area contributed by atoms with E-state index in [0.717, 1.165) is 55.3 Å². The van der Waals surface area contributed by atoms with Crippen LogP contribution in [0.15, 0.2) is 91.0 Å². The summed E-state index contributed by atoms with van der Waals surface area (Å²) in [5.41, 5.74) is 7.63. The van der Waals surface area contributed by atoms with Gasteiger partial charge in [-0.1, -0.05) is 78.9 Å². The number of hydrogen-bond donors (Lipinski definition) is 0. The maximum atomic E-state index is 5.20. The van der Waals surface area contributed by atoms with E-state index in [2.05, 4.69) is 116 Å². The average molecular weight is 520 g/mol. The van der Waals surface area contributed by atoms with Crippen molar-refractivity contribution in [1.29, 1.82) is 0 Å². The van der Waals surface area contributed by atoms with Gasteiger partial charge in [0, 0.05) is 20.9 Å². The lowest BCUT2D eigenvalue weighted by molar-refractivity contribution is -0.648. The van der Waals surface area contributed by atoms with E-state index in [0.29, 0.717) is 0 Å². The maximum Gasteiger partial charge on any atom is 0.289 e. The third kappa shape index (κ3) is 4.12. The van der Waals surface area contributed by atoms with E-state index in [1.807, 2.05) is 12.1 Å². The van der Waals surface area contributed by atoms with Crippen molar-refractivity contribution >= 4 is 22.7 Å². The molecule has 0 aliphatic heterocycles. The average Bonchev–Trinajstić information content (AvgIpc) is 3.58. The summed E-state index contributed by atoms with van der Waals surface area (Å²) in [5, 5.41) is 2.06. The molecule has 3 aromatic carbocycles. The molecule has 0 radical (unpaired) electrons. The topological polar surface area (TPSA) is 34.6 Å². The van der Waals surface area contributed by atoms with Gasteiger partial charge in [0.25, 0.3) is 5.82 Å². The molecule has 3 aromatic heterocycles. The fourth-order valence-corrected chi connectivity index (χ4v) is 6.75. The van der Waals surface area contributed by atoms with Crippen LogP contribution < -0.4 is 4.57 Å². The van der Waals surface area contributed by atoms with Crippen LogP contribution in [0.25, 0.3) is 55.3 Å². The molecule has 0 saturated heterocycles. The quantitative estimate of drug-likeness (QED) is 0.219. The Morgan fingerprint density at radius 3 is 1.57 bits per heavy atom.